The van der Waals surface area contributed by atoms with E-state index in [1.165, 1.54) is 0 Å². The zero-order valence-electron chi connectivity index (χ0n) is 21.6. The predicted molar refractivity (Wildman–Crippen MR) is 137 cm³/mol. The zero-order chi connectivity index (χ0) is 24.8. The van der Waals surface area contributed by atoms with Crippen LogP contribution in [0.25, 0.3) is 0 Å². The molecule has 0 spiro atoms. The molecule has 0 heterocycles. The van der Waals surface area contributed by atoms with Crippen LogP contribution in [-0.4, -0.2) is 24.1 Å². The summed E-state index contributed by atoms with van der Waals surface area (Å²) in [5.74, 6) is 0.0336. The molecule has 0 aliphatic heterocycles. The minimum Gasteiger partial charge on any atom is -0.459 e. The summed E-state index contributed by atoms with van der Waals surface area (Å²) in [7, 11) is 0. The molecule has 0 saturated carbocycles. The van der Waals surface area contributed by atoms with Crippen LogP contribution in [0.1, 0.15) is 126 Å². The molecule has 188 valence electrons. The monoisotopic (exact) mass is 480 g/mol. The Bertz CT molecular complexity index is 714. The third kappa shape index (κ3) is 11.4. The quantitative estimate of drug-likeness (QED) is 0.222. The molecule has 0 bridgehead atoms. The van der Waals surface area contributed by atoms with Crippen LogP contribution >= 0.6 is 11.6 Å². The van der Waals surface area contributed by atoms with E-state index in [0.717, 1.165) is 64.2 Å². The van der Waals surface area contributed by atoms with Gasteiger partial charge in [-0.15, -0.1) is 0 Å². The minimum atomic E-state index is -0.537. The van der Waals surface area contributed by atoms with E-state index >= 15 is 0 Å². The van der Waals surface area contributed by atoms with Crippen molar-refractivity contribution in [1.29, 1.82) is 0 Å². The lowest BCUT2D eigenvalue weighted by atomic mass is 10.0. The third-order valence-electron chi connectivity index (χ3n) is 5.88. The molecule has 1 aromatic carbocycles. The van der Waals surface area contributed by atoms with E-state index in [0.29, 0.717) is 11.8 Å². The summed E-state index contributed by atoms with van der Waals surface area (Å²) in [5.41, 5.74) is 0.310. The number of halogens is 1. The third-order valence-corrected chi connectivity index (χ3v) is 6.19. The number of carbonyl (C=O) groups excluding carboxylic acids is 2. The van der Waals surface area contributed by atoms with Crippen molar-refractivity contribution in [3.05, 3.63) is 34.3 Å². The minimum absolute atomic E-state index is 0.119. The van der Waals surface area contributed by atoms with Crippen molar-refractivity contribution in [2.24, 2.45) is 11.8 Å². The topological polar surface area (TPSA) is 52.6 Å². The SMILES string of the molecule is CCCCC(CCC(C)C)OC(=O)c1cccc(Cl)c1C(=O)OC(CCCC)CCC(C)C. The second-order valence-corrected chi connectivity index (χ2v) is 10.4. The highest BCUT2D eigenvalue weighted by molar-refractivity contribution is 6.34. The van der Waals surface area contributed by atoms with Crippen LogP contribution in [0.15, 0.2) is 18.2 Å². The van der Waals surface area contributed by atoms with Crippen LogP contribution < -0.4 is 0 Å². The van der Waals surface area contributed by atoms with Crippen molar-refractivity contribution in [2.45, 2.75) is 118 Å². The Morgan fingerprint density at radius 1 is 0.758 bits per heavy atom. The number of benzene rings is 1. The van der Waals surface area contributed by atoms with Gasteiger partial charge in [-0.3, -0.25) is 0 Å². The van der Waals surface area contributed by atoms with Gasteiger partial charge in [-0.2, -0.15) is 0 Å². The molecule has 0 amide bonds. The molecule has 1 rings (SSSR count). The molecule has 0 saturated heterocycles. The van der Waals surface area contributed by atoms with Crippen LogP contribution in [0, 0.1) is 11.8 Å². The van der Waals surface area contributed by atoms with Gasteiger partial charge in [0.2, 0.25) is 0 Å². The molecule has 5 heteroatoms. The first-order chi connectivity index (χ1) is 15.7. The van der Waals surface area contributed by atoms with Gasteiger partial charge in [0, 0.05) is 0 Å². The second-order valence-electron chi connectivity index (χ2n) is 9.94. The van der Waals surface area contributed by atoms with E-state index in [1.807, 2.05) is 0 Å². The van der Waals surface area contributed by atoms with Gasteiger partial charge in [0.25, 0.3) is 0 Å². The normalized spacial score (nSPS) is 13.2. The van der Waals surface area contributed by atoms with Crippen molar-refractivity contribution < 1.29 is 19.1 Å². The maximum absolute atomic E-state index is 13.2. The van der Waals surface area contributed by atoms with Crippen LogP contribution in [0.2, 0.25) is 5.02 Å². The summed E-state index contributed by atoms with van der Waals surface area (Å²) < 4.78 is 11.8. The van der Waals surface area contributed by atoms with E-state index < -0.39 is 11.9 Å². The molecule has 33 heavy (non-hydrogen) atoms. The number of hydrogen-bond donors (Lipinski definition) is 0. The Morgan fingerprint density at radius 3 is 1.70 bits per heavy atom. The molecular formula is C28H45ClO4. The highest BCUT2D eigenvalue weighted by Crippen LogP contribution is 2.26. The molecule has 4 nitrogen and oxygen atoms in total. The summed E-state index contributed by atoms with van der Waals surface area (Å²) in [6.07, 6.45) is 8.95. The lowest BCUT2D eigenvalue weighted by Crippen LogP contribution is -2.24. The molecule has 2 atom stereocenters. The van der Waals surface area contributed by atoms with Gasteiger partial charge in [0.05, 0.1) is 16.1 Å². The molecule has 0 radical (unpaired) electrons. The van der Waals surface area contributed by atoms with Crippen molar-refractivity contribution in [2.75, 3.05) is 0 Å². The molecule has 0 fully saturated rings. The summed E-state index contributed by atoms with van der Waals surface area (Å²) in [4.78, 5) is 26.3. The van der Waals surface area contributed by atoms with E-state index in [1.54, 1.807) is 18.2 Å². The first-order valence-corrected chi connectivity index (χ1v) is 13.3. The molecule has 2 unspecified atom stereocenters. The highest BCUT2D eigenvalue weighted by Gasteiger charge is 2.26. The predicted octanol–water partition coefficient (Wildman–Crippen LogP) is 8.64. The lowest BCUT2D eigenvalue weighted by Gasteiger charge is -2.21. The van der Waals surface area contributed by atoms with Crippen LogP contribution in [-0.2, 0) is 9.47 Å². The molecule has 0 N–H and O–H groups in total. The smallest absolute Gasteiger partial charge is 0.340 e. The van der Waals surface area contributed by atoms with Crippen LogP contribution in [0.4, 0.5) is 0 Å². The number of hydrogen-bond acceptors (Lipinski definition) is 4. The number of esters is 2. The van der Waals surface area contributed by atoms with Crippen molar-refractivity contribution in [1.82, 2.24) is 0 Å². The molecule has 0 aromatic heterocycles. The van der Waals surface area contributed by atoms with Gasteiger partial charge in [0.15, 0.2) is 0 Å². The second kappa shape index (κ2) is 16.1. The fourth-order valence-corrected chi connectivity index (χ4v) is 4.00. The van der Waals surface area contributed by atoms with Gasteiger partial charge in [0.1, 0.15) is 12.2 Å². The van der Waals surface area contributed by atoms with Gasteiger partial charge in [-0.05, 0) is 62.5 Å². The zero-order valence-corrected chi connectivity index (χ0v) is 22.4. The number of unbranched alkanes of at least 4 members (excludes halogenated alkanes) is 2. The Kier molecular flexibility index (Phi) is 14.4. The fourth-order valence-electron chi connectivity index (χ4n) is 3.75. The molecule has 0 aliphatic carbocycles. The van der Waals surface area contributed by atoms with Crippen LogP contribution in [0.5, 0.6) is 0 Å². The standard InChI is InChI=1S/C28H45ClO4/c1-7-9-12-22(18-16-20(3)4)32-27(30)24-14-11-15-25(29)26(24)28(31)33-23(13-10-8-2)19-17-21(5)6/h11,14-15,20-23H,7-10,12-13,16-19H2,1-6H3. The van der Waals surface area contributed by atoms with Gasteiger partial charge in [-0.1, -0.05) is 84.9 Å². The average Bonchev–Trinajstić information content (AvgIpc) is 2.76. The number of ether oxygens (including phenoxy) is 2. The van der Waals surface area contributed by atoms with Crippen molar-refractivity contribution >= 4 is 23.5 Å². The summed E-state index contributed by atoms with van der Waals surface area (Å²) >= 11 is 6.40. The summed E-state index contributed by atoms with van der Waals surface area (Å²) in [6.45, 7) is 12.9. The van der Waals surface area contributed by atoms with Crippen LogP contribution in [0.3, 0.4) is 0 Å². The first kappa shape index (κ1) is 29.5. The molecule has 0 aliphatic rings. The van der Waals surface area contributed by atoms with Gasteiger partial charge < -0.3 is 9.47 Å². The average molecular weight is 481 g/mol. The molecular weight excluding hydrogens is 436 g/mol. The van der Waals surface area contributed by atoms with Crippen molar-refractivity contribution in [3.8, 4) is 0 Å². The van der Waals surface area contributed by atoms with E-state index in [4.69, 9.17) is 21.1 Å². The van der Waals surface area contributed by atoms with Crippen molar-refractivity contribution in [3.63, 3.8) is 0 Å². The Hall–Kier alpha value is -1.55. The first-order valence-electron chi connectivity index (χ1n) is 12.9. The lowest BCUT2D eigenvalue weighted by molar-refractivity contribution is 0.0196. The highest BCUT2D eigenvalue weighted by atomic mass is 35.5. The Balaban J connectivity index is 3.04. The fraction of sp³-hybridized carbons (Fsp3) is 0.714. The molecule has 1 aromatic rings. The summed E-state index contributed by atoms with van der Waals surface area (Å²) in [6, 6.07) is 4.91. The van der Waals surface area contributed by atoms with E-state index in [9.17, 15) is 9.59 Å². The Morgan fingerprint density at radius 2 is 1.24 bits per heavy atom. The van der Waals surface area contributed by atoms with E-state index in [-0.39, 0.29) is 28.4 Å². The van der Waals surface area contributed by atoms with E-state index in [2.05, 4.69) is 41.5 Å². The maximum atomic E-state index is 13.2. The maximum Gasteiger partial charge on any atom is 0.340 e. The van der Waals surface area contributed by atoms with Gasteiger partial charge >= 0.3 is 11.9 Å². The largest absolute Gasteiger partial charge is 0.459 e. The van der Waals surface area contributed by atoms with Gasteiger partial charge in [-0.25, -0.2) is 9.59 Å². The summed E-state index contributed by atoms with van der Waals surface area (Å²) in [5, 5.41) is 0.222. The number of rotatable bonds is 16. The Labute approximate surface area is 206 Å². The number of carbonyl (C=O) groups is 2.